The number of rotatable bonds is 11. The fourth-order valence-corrected chi connectivity index (χ4v) is 2.92. The van der Waals surface area contributed by atoms with Crippen molar-refractivity contribution in [2.24, 2.45) is 0 Å². The van der Waals surface area contributed by atoms with E-state index >= 15 is 0 Å². The Kier molecular flexibility index (Phi) is 8.12. The Morgan fingerprint density at radius 3 is 2.52 bits per heavy atom. The number of anilines is 2. The van der Waals surface area contributed by atoms with E-state index in [1.54, 1.807) is 0 Å². The summed E-state index contributed by atoms with van der Waals surface area (Å²) < 4.78 is 11.6. The third-order valence-electron chi connectivity index (χ3n) is 4.42. The zero-order valence-corrected chi connectivity index (χ0v) is 17.8. The van der Waals surface area contributed by atoms with Crippen molar-refractivity contribution >= 4 is 17.3 Å². The SMILES string of the molecule is C=C(C)COc1ccccc1NCC(=O)Nc1cccc(OCCc2ccccc2)c1. The van der Waals surface area contributed by atoms with Gasteiger partial charge in [0.05, 0.1) is 18.8 Å². The molecule has 0 saturated carbocycles. The van der Waals surface area contributed by atoms with Crippen molar-refractivity contribution in [1.82, 2.24) is 0 Å². The quantitative estimate of drug-likeness (QED) is 0.416. The van der Waals surface area contributed by atoms with Crippen molar-refractivity contribution in [3.8, 4) is 11.5 Å². The van der Waals surface area contributed by atoms with Crippen LogP contribution in [0.1, 0.15) is 12.5 Å². The highest BCUT2D eigenvalue weighted by atomic mass is 16.5. The van der Waals surface area contributed by atoms with Crippen LogP contribution in [0.3, 0.4) is 0 Å². The molecule has 5 heteroatoms. The van der Waals surface area contributed by atoms with E-state index < -0.39 is 0 Å². The number of hydrogen-bond donors (Lipinski definition) is 2. The second kappa shape index (κ2) is 11.5. The number of hydrogen-bond acceptors (Lipinski definition) is 4. The molecule has 1 amide bonds. The maximum atomic E-state index is 12.4. The summed E-state index contributed by atoms with van der Waals surface area (Å²) in [5, 5.41) is 6.02. The molecule has 3 aromatic carbocycles. The molecule has 0 atom stereocenters. The van der Waals surface area contributed by atoms with Crippen molar-refractivity contribution in [1.29, 1.82) is 0 Å². The highest BCUT2D eigenvalue weighted by Gasteiger charge is 2.07. The molecule has 0 aliphatic carbocycles. The normalized spacial score (nSPS) is 10.2. The number of amides is 1. The minimum Gasteiger partial charge on any atom is -0.493 e. The van der Waals surface area contributed by atoms with Gasteiger partial charge < -0.3 is 20.1 Å². The molecule has 2 N–H and O–H groups in total. The number of carbonyl (C=O) groups excluding carboxylic acids is 1. The molecule has 0 bridgehead atoms. The van der Waals surface area contributed by atoms with Gasteiger partial charge in [-0.25, -0.2) is 0 Å². The molecule has 0 radical (unpaired) electrons. The fourth-order valence-electron chi connectivity index (χ4n) is 2.92. The summed E-state index contributed by atoms with van der Waals surface area (Å²) >= 11 is 0. The fraction of sp³-hybridized carbons (Fsp3) is 0.192. The van der Waals surface area contributed by atoms with E-state index in [1.165, 1.54) is 5.56 Å². The minimum absolute atomic E-state index is 0.118. The molecular weight excluding hydrogens is 388 g/mol. The van der Waals surface area contributed by atoms with E-state index in [2.05, 4.69) is 29.3 Å². The number of benzene rings is 3. The van der Waals surface area contributed by atoms with Crippen molar-refractivity contribution in [2.45, 2.75) is 13.3 Å². The maximum Gasteiger partial charge on any atom is 0.243 e. The van der Waals surface area contributed by atoms with E-state index in [-0.39, 0.29) is 12.5 Å². The molecule has 5 nitrogen and oxygen atoms in total. The smallest absolute Gasteiger partial charge is 0.243 e. The van der Waals surface area contributed by atoms with E-state index in [4.69, 9.17) is 9.47 Å². The summed E-state index contributed by atoms with van der Waals surface area (Å²) in [5.74, 6) is 1.25. The van der Waals surface area contributed by atoms with Gasteiger partial charge in [-0.05, 0) is 42.3 Å². The number of ether oxygens (including phenoxy) is 2. The average molecular weight is 417 g/mol. The van der Waals surface area contributed by atoms with Crippen LogP contribution in [-0.2, 0) is 11.2 Å². The summed E-state index contributed by atoms with van der Waals surface area (Å²) in [6.45, 7) is 6.87. The molecule has 0 heterocycles. The predicted octanol–water partition coefficient (Wildman–Crippen LogP) is 5.31. The zero-order chi connectivity index (χ0) is 21.9. The third-order valence-corrected chi connectivity index (χ3v) is 4.42. The Morgan fingerprint density at radius 2 is 1.71 bits per heavy atom. The number of carbonyl (C=O) groups is 1. The Bertz CT molecular complexity index is 1000. The largest absolute Gasteiger partial charge is 0.493 e. The lowest BCUT2D eigenvalue weighted by Crippen LogP contribution is -2.22. The molecule has 0 unspecified atom stereocenters. The van der Waals surface area contributed by atoms with Crippen LogP contribution in [0.5, 0.6) is 11.5 Å². The summed E-state index contributed by atoms with van der Waals surface area (Å²) in [4.78, 5) is 12.4. The van der Waals surface area contributed by atoms with Crippen LogP contribution >= 0.6 is 0 Å². The Hall–Kier alpha value is -3.73. The van der Waals surface area contributed by atoms with Crippen LogP contribution in [-0.4, -0.2) is 25.7 Å². The predicted molar refractivity (Wildman–Crippen MR) is 126 cm³/mol. The van der Waals surface area contributed by atoms with Crippen molar-refractivity contribution in [2.75, 3.05) is 30.4 Å². The molecule has 0 saturated heterocycles. The van der Waals surface area contributed by atoms with Crippen LogP contribution in [0, 0.1) is 0 Å². The molecule has 0 spiro atoms. The van der Waals surface area contributed by atoms with Gasteiger partial charge in [0.25, 0.3) is 0 Å². The summed E-state index contributed by atoms with van der Waals surface area (Å²) in [6, 6.07) is 25.1. The zero-order valence-electron chi connectivity index (χ0n) is 17.8. The molecular formula is C26H28N2O3. The van der Waals surface area contributed by atoms with Gasteiger partial charge in [-0.3, -0.25) is 4.79 Å². The standard InChI is InChI=1S/C26H28N2O3/c1-20(2)19-31-25-14-7-6-13-24(25)27-18-26(29)28-22-11-8-12-23(17-22)30-16-15-21-9-4-3-5-10-21/h3-14,17,27H,1,15-16,18-19H2,2H3,(H,28,29). The van der Waals surface area contributed by atoms with Gasteiger partial charge >= 0.3 is 0 Å². The molecule has 3 rings (SSSR count). The van der Waals surface area contributed by atoms with Crippen LogP contribution in [0.25, 0.3) is 0 Å². The molecule has 0 fully saturated rings. The van der Waals surface area contributed by atoms with Crippen LogP contribution < -0.4 is 20.1 Å². The third kappa shape index (κ3) is 7.55. The average Bonchev–Trinajstić information content (AvgIpc) is 2.78. The second-order valence-corrected chi connectivity index (χ2v) is 7.26. The highest BCUT2D eigenvalue weighted by Crippen LogP contribution is 2.24. The van der Waals surface area contributed by atoms with E-state index in [9.17, 15) is 4.79 Å². The van der Waals surface area contributed by atoms with E-state index in [0.29, 0.717) is 24.7 Å². The lowest BCUT2D eigenvalue weighted by molar-refractivity contribution is -0.114. The van der Waals surface area contributed by atoms with Gasteiger partial charge in [-0.1, -0.05) is 55.1 Å². The highest BCUT2D eigenvalue weighted by molar-refractivity contribution is 5.94. The summed E-state index contributed by atoms with van der Waals surface area (Å²) in [5.41, 5.74) is 3.61. The minimum atomic E-state index is -0.156. The first-order chi connectivity index (χ1) is 15.1. The van der Waals surface area contributed by atoms with E-state index in [1.807, 2.05) is 73.7 Å². The Labute approximate surface area is 183 Å². The molecule has 31 heavy (non-hydrogen) atoms. The lowest BCUT2D eigenvalue weighted by atomic mass is 10.2. The molecule has 0 aliphatic rings. The maximum absolute atomic E-state index is 12.4. The number of nitrogens with one attached hydrogen (secondary N) is 2. The molecule has 3 aromatic rings. The van der Waals surface area contributed by atoms with Gasteiger partial charge in [0.1, 0.15) is 18.1 Å². The first-order valence-electron chi connectivity index (χ1n) is 10.3. The van der Waals surface area contributed by atoms with Gasteiger partial charge in [-0.15, -0.1) is 0 Å². The Morgan fingerprint density at radius 1 is 0.935 bits per heavy atom. The number of para-hydroxylation sites is 2. The van der Waals surface area contributed by atoms with Gasteiger partial charge in [0.2, 0.25) is 5.91 Å². The molecule has 160 valence electrons. The molecule has 0 aromatic heterocycles. The van der Waals surface area contributed by atoms with E-state index in [0.717, 1.165) is 23.4 Å². The Balaban J connectivity index is 1.48. The summed E-state index contributed by atoms with van der Waals surface area (Å²) in [6.07, 6.45) is 0.828. The van der Waals surface area contributed by atoms with Crippen molar-refractivity contribution < 1.29 is 14.3 Å². The second-order valence-electron chi connectivity index (χ2n) is 7.26. The van der Waals surface area contributed by atoms with Crippen LogP contribution in [0.2, 0.25) is 0 Å². The monoisotopic (exact) mass is 416 g/mol. The lowest BCUT2D eigenvalue weighted by Gasteiger charge is -2.13. The topological polar surface area (TPSA) is 59.6 Å². The van der Waals surface area contributed by atoms with Gasteiger partial charge in [0.15, 0.2) is 0 Å². The van der Waals surface area contributed by atoms with Crippen LogP contribution in [0.15, 0.2) is 91.0 Å². The first-order valence-corrected chi connectivity index (χ1v) is 10.3. The molecule has 0 aliphatic heterocycles. The van der Waals surface area contributed by atoms with Crippen LogP contribution in [0.4, 0.5) is 11.4 Å². The first kappa shape index (κ1) is 22.0. The van der Waals surface area contributed by atoms with Crippen molar-refractivity contribution in [3.05, 3.63) is 96.6 Å². The summed E-state index contributed by atoms with van der Waals surface area (Å²) in [7, 11) is 0. The van der Waals surface area contributed by atoms with Crippen molar-refractivity contribution in [3.63, 3.8) is 0 Å². The van der Waals surface area contributed by atoms with Gasteiger partial charge in [-0.2, -0.15) is 0 Å². The van der Waals surface area contributed by atoms with Gasteiger partial charge in [0, 0.05) is 18.2 Å².